The Labute approximate surface area is 166 Å². The Kier molecular flexibility index (Phi) is 6.72. The lowest BCUT2D eigenvalue weighted by Gasteiger charge is -2.24. The lowest BCUT2D eigenvalue weighted by molar-refractivity contribution is 0.197. The average molecular weight is 389 g/mol. The van der Waals surface area contributed by atoms with Crippen LogP contribution in [0.5, 0.6) is 0 Å². The molecule has 1 aliphatic heterocycles. The van der Waals surface area contributed by atoms with Crippen LogP contribution in [0.15, 0.2) is 22.5 Å². The number of hydrogen-bond acceptors (Lipinski definition) is 5. The van der Waals surface area contributed by atoms with Gasteiger partial charge in [0.15, 0.2) is 0 Å². The van der Waals surface area contributed by atoms with Crippen molar-refractivity contribution in [2.24, 2.45) is 0 Å². The Morgan fingerprint density at radius 2 is 2.21 bits per heavy atom. The van der Waals surface area contributed by atoms with E-state index in [1.807, 2.05) is 26.0 Å². The number of H-pyrrole nitrogens is 1. The number of allylic oxidation sites excluding steroid dienone is 1. The van der Waals surface area contributed by atoms with E-state index in [0.29, 0.717) is 25.6 Å². The molecule has 1 aromatic rings. The molecule has 0 spiro atoms. The molecule has 154 valence electrons. The fourth-order valence-electron chi connectivity index (χ4n) is 3.86. The Morgan fingerprint density at radius 1 is 1.39 bits per heavy atom. The molecule has 1 aromatic heterocycles. The van der Waals surface area contributed by atoms with Gasteiger partial charge in [-0.05, 0) is 39.2 Å². The number of nitrogens with one attached hydrogen (secondary N) is 2. The highest BCUT2D eigenvalue weighted by atomic mass is 16.2. The summed E-state index contributed by atoms with van der Waals surface area (Å²) in [6.45, 7) is 2.76. The van der Waals surface area contributed by atoms with E-state index >= 15 is 0 Å². The van der Waals surface area contributed by atoms with Crippen LogP contribution < -0.4 is 15.8 Å². The number of hydrogen-bond donors (Lipinski definition) is 2. The van der Waals surface area contributed by atoms with Crippen molar-refractivity contribution >= 4 is 12.0 Å². The summed E-state index contributed by atoms with van der Waals surface area (Å²) in [6.07, 6.45) is 7.81. The van der Waals surface area contributed by atoms with Crippen molar-refractivity contribution in [1.82, 2.24) is 25.1 Å². The van der Waals surface area contributed by atoms with Gasteiger partial charge in [0.25, 0.3) is 5.56 Å². The fraction of sp³-hybridized carbons (Fsp3) is 0.650. The lowest BCUT2D eigenvalue weighted by atomic mass is 10.2. The van der Waals surface area contributed by atoms with Gasteiger partial charge in [-0.25, -0.2) is 9.78 Å². The summed E-state index contributed by atoms with van der Waals surface area (Å²) < 4.78 is 0. The maximum Gasteiger partial charge on any atom is 0.317 e. The number of carbonyl (C=O) groups is 1. The molecule has 28 heavy (non-hydrogen) atoms. The Balaban J connectivity index is 1.47. The number of likely N-dealkylation sites (tertiary alicyclic amines) is 1. The van der Waals surface area contributed by atoms with E-state index in [1.54, 1.807) is 11.0 Å². The summed E-state index contributed by atoms with van der Waals surface area (Å²) in [4.78, 5) is 37.4. The highest BCUT2D eigenvalue weighted by Crippen LogP contribution is 2.20. The van der Waals surface area contributed by atoms with E-state index in [2.05, 4.69) is 26.3 Å². The smallest absolute Gasteiger partial charge is 0.317 e. The minimum absolute atomic E-state index is 0.0265. The molecule has 2 amide bonds. The zero-order chi connectivity index (χ0) is 20.1. The number of anilines is 1. The predicted octanol–water partition coefficient (Wildman–Crippen LogP) is 1.55. The first kappa shape index (κ1) is 20.4. The summed E-state index contributed by atoms with van der Waals surface area (Å²) in [7, 11) is 5.72. The molecule has 0 radical (unpaired) electrons. The molecular weight excluding hydrogens is 356 g/mol. The monoisotopic (exact) mass is 388 g/mol. The van der Waals surface area contributed by atoms with E-state index in [0.717, 1.165) is 25.1 Å². The van der Waals surface area contributed by atoms with E-state index < -0.39 is 0 Å². The molecule has 8 nitrogen and oxygen atoms in total. The van der Waals surface area contributed by atoms with Crippen molar-refractivity contribution in [3.63, 3.8) is 0 Å². The van der Waals surface area contributed by atoms with Crippen LogP contribution in [0.1, 0.15) is 37.8 Å². The topological polar surface area (TPSA) is 84.6 Å². The van der Waals surface area contributed by atoms with E-state index in [4.69, 9.17) is 0 Å². The molecule has 1 saturated heterocycles. The van der Waals surface area contributed by atoms with Crippen molar-refractivity contribution in [3.8, 4) is 0 Å². The fourth-order valence-corrected chi connectivity index (χ4v) is 3.86. The van der Waals surface area contributed by atoms with Gasteiger partial charge in [0.05, 0.1) is 5.69 Å². The van der Waals surface area contributed by atoms with Gasteiger partial charge >= 0.3 is 6.03 Å². The lowest BCUT2D eigenvalue weighted by Crippen LogP contribution is -2.41. The van der Waals surface area contributed by atoms with Crippen LogP contribution >= 0.6 is 0 Å². The number of nitrogens with zero attached hydrogens (tertiary/aromatic N) is 4. The molecule has 8 heteroatoms. The van der Waals surface area contributed by atoms with Crippen LogP contribution in [0.4, 0.5) is 10.7 Å². The third-order valence-electron chi connectivity index (χ3n) is 5.55. The van der Waals surface area contributed by atoms with Crippen molar-refractivity contribution in [3.05, 3.63) is 33.8 Å². The number of likely N-dealkylation sites (N-methyl/N-ethyl adjacent to an activating group) is 1. The second kappa shape index (κ2) is 9.23. The molecule has 1 fully saturated rings. The van der Waals surface area contributed by atoms with Crippen LogP contribution in [0, 0.1) is 0 Å². The first-order valence-corrected chi connectivity index (χ1v) is 10.1. The van der Waals surface area contributed by atoms with E-state index in [9.17, 15) is 9.59 Å². The summed E-state index contributed by atoms with van der Waals surface area (Å²) in [5, 5.41) is 3.05. The van der Waals surface area contributed by atoms with Crippen molar-refractivity contribution in [2.45, 2.75) is 44.7 Å². The molecule has 0 aromatic carbocycles. The van der Waals surface area contributed by atoms with Crippen molar-refractivity contribution < 1.29 is 4.79 Å². The molecule has 1 atom stereocenters. The summed E-state index contributed by atoms with van der Waals surface area (Å²) in [6, 6.07) is 1.84. The Bertz CT molecular complexity index is 772. The van der Waals surface area contributed by atoms with E-state index in [-0.39, 0.29) is 17.6 Å². The van der Waals surface area contributed by atoms with Crippen LogP contribution in [-0.2, 0) is 6.54 Å². The van der Waals surface area contributed by atoms with Crippen LogP contribution in [-0.4, -0.2) is 72.6 Å². The third-order valence-corrected chi connectivity index (χ3v) is 5.55. The molecule has 3 rings (SSSR count). The summed E-state index contributed by atoms with van der Waals surface area (Å²) in [5.41, 5.74) is 2.07. The second-order valence-electron chi connectivity index (χ2n) is 7.99. The van der Waals surface area contributed by atoms with Gasteiger partial charge in [0, 0.05) is 52.4 Å². The highest BCUT2D eigenvalue weighted by molar-refractivity contribution is 5.74. The standard InChI is InChI=1S/C20H32N6O2/c1-24(2)19-22-16(12-18(27)23-19)13-25(3)17-9-11-26(14-17)20(28)21-10-8-15-6-4-5-7-15/h6,12,17H,4-5,7-11,13-14H2,1-3H3,(H,21,28)(H,22,23,27). The molecule has 0 saturated carbocycles. The number of aromatic nitrogens is 2. The molecule has 2 N–H and O–H groups in total. The van der Waals surface area contributed by atoms with Gasteiger partial charge in [-0.2, -0.15) is 0 Å². The van der Waals surface area contributed by atoms with E-state index in [1.165, 1.54) is 24.8 Å². The van der Waals surface area contributed by atoms with Gasteiger partial charge < -0.3 is 15.1 Å². The molecular formula is C20H32N6O2. The van der Waals surface area contributed by atoms with Crippen molar-refractivity contribution in [2.75, 3.05) is 45.7 Å². The molecule has 2 aliphatic rings. The Hall–Kier alpha value is -2.35. The molecule has 1 unspecified atom stereocenters. The third kappa shape index (κ3) is 5.34. The Morgan fingerprint density at radius 3 is 2.93 bits per heavy atom. The number of amides is 2. The SMILES string of the molecule is CN(C)c1nc(CN(C)C2CCN(C(=O)NCCC3=CCCC3)C2)cc(=O)[nH]1. The first-order valence-electron chi connectivity index (χ1n) is 10.1. The average Bonchev–Trinajstić information content (AvgIpc) is 3.33. The second-order valence-corrected chi connectivity index (χ2v) is 7.99. The number of rotatable bonds is 7. The van der Waals surface area contributed by atoms with Gasteiger partial charge in [0.1, 0.15) is 0 Å². The first-order chi connectivity index (χ1) is 13.4. The van der Waals surface area contributed by atoms with Gasteiger partial charge in [-0.15, -0.1) is 0 Å². The molecule has 0 bridgehead atoms. The van der Waals surface area contributed by atoms with Gasteiger partial charge in [-0.1, -0.05) is 11.6 Å². The predicted molar refractivity (Wildman–Crippen MR) is 111 cm³/mol. The van der Waals surface area contributed by atoms with Crippen LogP contribution in [0.3, 0.4) is 0 Å². The van der Waals surface area contributed by atoms with Gasteiger partial charge in [0.2, 0.25) is 5.95 Å². The largest absolute Gasteiger partial charge is 0.348 e. The van der Waals surface area contributed by atoms with Crippen molar-refractivity contribution in [1.29, 1.82) is 0 Å². The summed E-state index contributed by atoms with van der Waals surface area (Å²) in [5.74, 6) is 0.556. The number of urea groups is 1. The molecule has 1 aliphatic carbocycles. The maximum absolute atomic E-state index is 12.4. The van der Waals surface area contributed by atoms with Crippen LogP contribution in [0.25, 0.3) is 0 Å². The minimum atomic E-state index is -0.146. The normalized spacial score (nSPS) is 19.2. The summed E-state index contributed by atoms with van der Waals surface area (Å²) >= 11 is 0. The zero-order valence-electron chi connectivity index (χ0n) is 17.2. The number of carbonyl (C=O) groups excluding carboxylic acids is 1. The van der Waals surface area contributed by atoms with Gasteiger partial charge in [-0.3, -0.25) is 14.7 Å². The maximum atomic E-state index is 12.4. The minimum Gasteiger partial charge on any atom is -0.348 e. The zero-order valence-corrected chi connectivity index (χ0v) is 17.2. The number of aromatic amines is 1. The molecule has 2 heterocycles. The van der Waals surface area contributed by atoms with Crippen LogP contribution in [0.2, 0.25) is 0 Å². The highest BCUT2D eigenvalue weighted by Gasteiger charge is 2.29. The quantitative estimate of drug-likeness (QED) is 0.693.